The molecule has 0 saturated heterocycles. The predicted molar refractivity (Wildman–Crippen MR) is 191 cm³/mol. The molecule has 13 heteroatoms. The van der Waals surface area contributed by atoms with Crippen LogP contribution in [0.2, 0.25) is 0 Å². The SMILES string of the molecule is CC(C)OC(=O)[C@H](Cc1ccccc1)NP(=O)(COCCn1cc(C(C)C)c2c(N)ncnc21)N[C@@H](Cc1ccccc1)C(=O)OC(C)C. The number of nitrogens with zero attached hydrogens (tertiary/aromatic N) is 3. The number of nitrogens with two attached hydrogens (primary N) is 1. The van der Waals surface area contributed by atoms with E-state index in [0.29, 0.717) is 18.0 Å². The van der Waals surface area contributed by atoms with Gasteiger partial charge < -0.3 is 24.5 Å². The standard InChI is InChI=1S/C36H49N6O6P/c1-24(2)29-21-42(34-32(29)33(37)38-22-39-34)17-18-46-23-49(45,40-30(35(43)47-25(3)4)19-27-13-9-7-10-14-27)41-31(36(44)48-26(5)6)20-28-15-11-8-12-16-28/h7-16,21-22,24-26,30-31H,17-20,23H2,1-6H3,(H2,37,38,39)(H2,40,41,45)/t30-,31-/m0/s1. The summed E-state index contributed by atoms with van der Waals surface area (Å²) in [6, 6.07) is 16.7. The van der Waals surface area contributed by atoms with E-state index in [9.17, 15) is 14.2 Å². The molecular formula is C36H49N6O6P. The lowest BCUT2D eigenvalue weighted by atomic mass is 10.0. The van der Waals surface area contributed by atoms with Gasteiger partial charge in [0.15, 0.2) is 0 Å². The monoisotopic (exact) mass is 692 g/mol. The lowest BCUT2D eigenvalue weighted by Gasteiger charge is -2.29. The first-order chi connectivity index (χ1) is 23.3. The number of nitrogens with one attached hydrogen (secondary N) is 2. The molecule has 4 rings (SSSR count). The highest BCUT2D eigenvalue weighted by Gasteiger charge is 2.36. The van der Waals surface area contributed by atoms with Crippen molar-refractivity contribution in [3.05, 3.63) is 89.9 Å². The van der Waals surface area contributed by atoms with Gasteiger partial charge >= 0.3 is 11.9 Å². The lowest BCUT2D eigenvalue weighted by Crippen LogP contribution is -2.47. The van der Waals surface area contributed by atoms with E-state index in [2.05, 4.69) is 34.0 Å². The number of hydrogen-bond acceptors (Lipinski definition) is 9. The van der Waals surface area contributed by atoms with Crippen LogP contribution in [-0.4, -0.2) is 63.7 Å². The molecule has 2 atom stereocenters. The number of carbonyl (C=O) groups is 2. The number of esters is 2. The summed E-state index contributed by atoms with van der Waals surface area (Å²) in [6.07, 6.45) is 2.68. The molecule has 0 amide bonds. The molecule has 4 aromatic rings. The number of hydrogen-bond donors (Lipinski definition) is 3. The highest BCUT2D eigenvalue weighted by atomic mass is 31.2. The number of ether oxygens (including phenoxy) is 3. The van der Waals surface area contributed by atoms with Crippen LogP contribution < -0.4 is 15.9 Å². The number of anilines is 1. The van der Waals surface area contributed by atoms with Gasteiger partial charge in [-0.1, -0.05) is 74.5 Å². The molecule has 49 heavy (non-hydrogen) atoms. The lowest BCUT2D eigenvalue weighted by molar-refractivity contribution is -0.150. The molecule has 0 aliphatic carbocycles. The third kappa shape index (κ3) is 11.0. The van der Waals surface area contributed by atoms with Crippen molar-refractivity contribution in [2.45, 2.75) is 91.1 Å². The van der Waals surface area contributed by atoms with Crippen molar-refractivity contribution >= 4 is 36.2 Å². The Morgan fingerprint density at radius 2 is 1.33 bits per heavy atom. The smallest absolute Gasteiger partial charge is 0.324 e. The van der Waals surface area contributed by atoms with Crippen LogP contribution in [0.15, 0.2) is 73.2 Å². The van der Waals surface area contributed by atoms with Crippen LogP contribution in [0.25, 0.3) is 11.0 Å². The summed E-state index contributed by atoms with van der Waals surface area (Å²) in [5.41, 5.74) is 9.59. The van der Waals surface area contributed by atoms with Crippen molar-refractivity contribution in [2.24, 2.45) is 0 Å². The first kappa shape index (κ1) is 37.7. The van der Waals surface area contributed by atoms with Gasteiger partial charge in [-0.15, -0.1) is 0 Å². The van der Waals surface area contributed by atoms with E-state index in [1.807, 2.05) is 71.4 Å². The molecule has 2 aromatic heterocycles. The minimum atomic E-state index is -3.87. The Morgan fingerprint density at radius 1 is 0.816 bits per heavy atom. The maximum absolute atomic E-state index is 14.9. The van der Waals surface area contributed by atoms with Crippen LogP contribution in [0.4, 0.5) is 5.82 Å². The molecule has 0 spiro atoms. The van der Waals surface area contributed by atoms with Crippen LogP contribution in [0.3, 0.4) is 0 Å². The molecule has 4 N–H and O–H groups in total. The zero-order chi connectivity index (χ0) is 35.6. The third-order valence-corrected chi connectivity index (χ3v) is 9.65. The highest BCUT2D eigenvalue weighted by Crippen LogP contribution is 2.39. The van der Waals surface area contributed by atoms with E-state index in [-0.39, 0.29) is 31.7 Å². The Morgan fingerprint density at radius 3 is 1.80 bits per heavy atom. The molecular weight excluding hydrogens is 643 g/mol. The normalized spacial score (nSPS) is 13.2. The van der Waals surface area contributed by atoms with Gasteiger partial charge in [-0.05, 0) is 63.1 Å². The molecule has 2 heterocycles. The van der Waals surface area contributed by atoms with Gasteiger partial charge in [0.1, 0.15) is 36.2 Å². The molecule has 2 aromatic carbocycles. The minimum absolute atomic E-state index is 0.151. The fraction of sp³-hybridized carbons (Fsp3) is 0.444. The maximum atomic E-state index is 14.9. The number of rotatable bonds is 18. The minimum Gasteiger partial charge on any atom is -0.462 e. The Kier molecular flexibility index (Phi) is 13.5. The molecule has 0 bridgehead atoms. The van der Waals surface area contributed by atoms with Gasteiger partial charge in [-0.25, -0.2) is 20.1 Å². The van der Waals surface area contributed by atoms with Gasteiger partial charge in [0.2, 0.25) is 7.44 Å². The average molecular weight is 693 g/mol. The van der Waals surface area contributed by atoms with E-state index >= 15 is 0 Å². The second-order valence-corrected chi connectivity index (χ2v) is 15.1. The quantitative estimate of drug-likeness (QED) is 0.0676. The molecule has 0 aliphatic rings. The van der Waals surface area contributed by atoms with Crippen molar-refractivity contribution in [2.75, 3.05) is 18.7 Å². The van der Waals surface area contributed by atoms with Crippen LogP contribution in [0.5, 0.6) is 0 Å². The average Bonchev–Trinajstić information content (AvgIpc) is 3.43. The van der Waals surface area contributed by atoms with Crippen molar-refractivity contribution in [1.82, 2.24) is 24.7 Å². The number of carbonyl (C=O) groups excluding carboxylic acids is 2. The van der Waals surface area contributed by atoms with E-state index < -0.39 is 43.7 Å². The largest absolute Gasteiger partial charge is 0.462 e. The summed E-state index contributed by atoms with van der Waals surface area (Å²) in [5, 5.41) is 6.91. The molecule has 264 valence electrons. The van der Waals surface area contributed by atoms with Crippen molar-refractivity contribution in [1.29, 1.82) is 0 Å². The Bertz CT molecular complexity index is 1640. The Hall–Kier alpha value is -4.09. The summed E-state index contributed by atoms with van der Waals surface area (Å²) in [7, 11) is -3.87. The summed E-state index contributed by atoms with van der Waals surface area (Å²) < 4.78 is 34.1. The van der Waals surface area contributed by atoms with Gasteiger partial charge in [0, 0.05) is 12.7 Å². The maximum Gasteiger partial charge on any atom is 0.324 e. The second kappa shape index (κ2) is 17.5. The number of nitrogen functional groups attached to an aromatic ring is 1. The van der Waals surface area contributed by atoms with E-state index in [1.54, 1.807) is 27.7 Å². The summed E-state index contributed by atoms with van der Waals surface area (Å²) in [6.45, 7) is 11.7. The van der Waals surface area contributed by atoms with Crippen LogP contribution >= 0.6 is 7.44 Å². The molecule has 0 saturated carbocycles. The van der Waals surface area contributed by atoms with Crippen LogP contribution in [-0.2, 0) is 47.8 Å². The summed E-state index contributed by atoms with van der Waals surface area (Å²) in [4.78, 5) is 35.5. The van der Waals surface area contributed by atoms with E-state index in [1.165, 1.54) is 6.33 Å². The third-order valence-electron chi connectivity index (χ3n) is 7.65. The molecule has 0 aliphatic heterocycles. The molecule has 12 nitrogen and oxygen atoms in total. The number of benzene rings is 2. The zero-order valence-electron chi connectivity index (χ0n) is 29.2. The first-order valence-corrected chi connectivity index (χ1v) is 18.5. The second-order valence-electron chi connectivity index (χ2n) is 12.9. The molecule has 0 radical (unpaired) electrons. The number of aromatic nitrogens is 3. The van der Waals surface area contributed by atoms with E-state index in [0.717, 1.165) is 22.1 Å². The van der Waals surface area contributed by atoms with Crippen molar-refractivity contribution in [3.8, 4) is 0 Å². The van der Waals surface area contributed by atoms with Gasteiger partial charge in [-0.2, -0.15) is 0 Å². The first-order valence-electron chi connectivity index (χ1n) is 16.7. The summed E-state index contributed by atoms with van der Waals surface area (Å²) >= 11 is 0. The predicted octanol–water partition coefficient (Wildman–Crippen LogP) is 5.61. The topological polar surface area (TPSA) is 160 Å². The van der Waals surface area contributed by atoms with E-state index in [4.69, 9.17) is 19.9 Å². The zero-order valence-corrected chi connectivity index (χ0v) is 30.1. The summed E-state index contributed by atoms with van der Waals surface area (Å²) in [5.74, 6) is -0.544. The van der Waals surface area contributed by atoms with Crippen LogP contribution in [0.1, 0.15) is 64.2 Å². The van der Waals surface area contributed by atoms with Gasteiger partial charge in [0.05, 0.1) is 24.2 Å². The van der Waals surface area contributed by atoms with Crippen molar-refractivity contribution in [3.63, 3.8) is 0 Å². The Labute approximate surface area is 288 Å². The Balaban J connectivity index is 1.62. The van der Waals surface area contributed by atoms with Gasteiger partial charge in [-0.3, -0.25) is 14.2 Å². The van der Waals surface area contributed by atoms with Crippen LogP contribution in [0, 0.1) is 0 Å². The fourth-order valence-corrected chi connectivity index (χ4v) is 7.46. The highest BCUT2D eigenvalue weighted by molar-refractivity contribution is 7.59. The molecule has 0 fully saturated rings. The fourth-order valence-electron chi connectivity index (χ4n) is 5.45. The van der Waals surface area contributed by atoms with Crippen molar-refractivity contribution < 1.29 is 28.4 Å². The molecule has 0 unspecified atom stereocenters. The van der Waals surface area contributed by atoms with Gasteiger partial charge in [0.25, 0.3) is 0 Å². The number of fused-ring (bicyclic) bond motifs is 1.